The Morgan fingerprint density at radius 2 is 1.41 bits per heavy atom. The molecule has 5 saturated carbocycles. The third kappa shape index (κ3) is 2.42. The summed E-state index contributed by atoms with van der Waals surface area (Å²) in [6.07, 6.45) is 10.7. The molecule has 0 aromatic heterocycles. The fraction of sp³-hybridized carbons (Fsp3) is 0.967. The summed E-state index contributed by atoms with van der Waals surface area (Å²) in [5.74, 6) is 1.00. The average Bonchev–Trinajstić information content (AvgIpc) is 3.50. The van der Waals surface area contributed by atoms with Crippen LogP contribution in [0.3, 0.4) is 0 Å². The molecule has 0 amide bonds. The molecule has 1 aliphatic heterocycles. The predicted molar refractivity (Wildman–Crippen MR) is 132 cm³/mol. The van der Waals surface area contributed by atoms with Gasteiger partial charge in [0.15, 0.2) is 0 Å². The Morgan fingerprint density at radius 1 is 0.794 bits per heavy atom. The fourth-order valence-corrected chi connectivity index (χ4v) is 11.6. The van der Waals surface area contributed by atoms with Crippen LogP contribution in [0.4, 0.5) is 0 Å². The molecule has 6 rings (SSSR count). The van der Waals surface area contributed by atoms with Crippen LogP contribution in [-0.4, -0.2) is 34.0 Å². The van der Waals surface area contributed by atoms with Crippen molar-refractivity contribution in [3.8, 4) is 0 Å². The largest absolute Gasteiger partial charge is 0.481 e. The lowest BCUT2D eigenvalue weighted by atomic mass is 9.30. The van der Waals surface area contributed by atoms with Crippen molar-refractivity contribution in [2.24, 2.45) is 50.2 Å². The highest BCUT2D eigenvalue weighted by Crippen LogP contribution is 2.81. The zero-order valence-corrected chi connectivity index (χ0v) is 22.7. The summed E-state index contributed by atoms with van der Waals surface area (Å²) in [5.41, 5.74) is -0.0420. The predicted octanol–water partition coefficient (Wildman–Crippen LogP) is 6.44. The third-order valence-electron chi connectivity index (χ3n) is 14.4. The zero-order chi connectivity index (χ0) is 24.7. The molecule has 0 aromatic carbocycles. The minimum atomic E-state index is -0.595. The van der Waals surface area contributed by atoms with E-state index < -0.39 is 11.4 Å². The van der Waals surface area contributed by atoms with E-state index in [0.717, 1.165) is 38.5 Å². The van der Waals surface area contributed by atoms with E-state index in [0.29, 0.717) is 17.8 Å². The maximum absolute atomic E-state index is 12.3. The second-order valence-corrected chi connectivity index (χ2v) is 15.7. The molecule has 34 heavy (non-hydrogen) atoms. The van der Waals surface area contributed by atoms with Gasteiger partial charge in [-0.05, 0) is 111 Å². The Labute approximate surface area is 206 Å². The first-order chi connectivity index (χ1) is 15.6. The van der Waals surface area contributed by atoms with Crippen LogP contribution in [0.5, 0.6) is 0 Å². The second kappa shape index (κ2) is 6.44. The molecule has 192 valence electrons. The van der Waals surface area contributed by atoms with E-state index >= 15 is 0 Å². The van der Waals surface area contributed by atoms with Crippen molar-refractivity contribution in [1.29, 1.82) is 0 Å². The topological polar surface area (TPSA) is 70.1 Å². The van der Waals surface area contributed by atoms with Crippen LogP contribution in [0.2, 0.25) is 0 Å². The van der Waals surface area contributed by atoms with Crippen LogP contribution in [0.15, 0.2) is 0 Å². The van der Waals surface area contributed by atoms with E-state index in [2.05, 4.69) is 41.5 Å². The van der Waals surface area contributed by atoms with Gasteiger partial charge in [0, 0.05) is 5.41 Å². The maximum atomic E-state index is 12.3. The summed E-state index contributed by atoms with van der Waals surface area (Å²) in [6, 6.07) is 0. The Hall–Kier alpha value is -0.610. The monoisotopic (exact) mass is 472 g/mol. The molecular formula is C30H48O4. The summed E-state index contributed by atoms with van der Waals surface area (Å²) in [5, 5.41) is 21.1. The molecule has 4 heteroatoms. The molecule has 6 aliphatic rings. The molecule has 0 bridgehead atoms. The molecule has 0 radical (unpaired) electrons. The van der Waals surface area contributed by atoms with Gasteiger partial charge in [-0.3, -0.25) is 4.79 Å². The van der Waals surface area contributed by atoms with E-state index in [1.54, 1.807) is 0 Å². The quantitative estimate of drug-likeness (QED) is 0.431. The first-order valence-electron chi connectivity index (χ1n) is 14.2. The lowest BCUT2D eigenvalue weighted by molar-refractivity contribution is -0.249. The summed E-state index contributed by atoms with van der Waals surface area (Å²) >= 11 is 0. The highest BCUT2D eigenvalue weighted by molar-refractivity contribution is 5.74. The summed E-state index contributed by atoms with van der Waals surface area (Å²) in [4.78, 5) is 12.3. The minimum absolute atomic E-state index is 0.143. The molecule has 5 aliphatic carbocycles. The first-order valence-corrected chi connectivity index (χ1v) is 14.2. The van der Waals surface area contributed by atoms with Crippen LogP contribution >= 0.6 is 0 Å². The number of hydrogen-bond acceptors (Lipinski definition) is 3. The standard InChI is InChI=1S/C30H48O4/c1-24(2)21(31)9-8-18-27(5)13-15-29(7)20-17-26(4,23(32)33)11-10-25(20,3)12-14-28(29,6)19(27)16-22-30(18,24)34-22/h18-22,31H,8-17H2,1-7H3,(H,32,33)/t18-,19+,20-,21+,22+,25-,26-,27+,28-,29+,30-/m1/s1. The van der Waals surface area contributed by atoms with Crippen LogP contribution < -0.4 is 0 Å². The second-order valence-electron chi connectivity index (χ2n) is 15.7. The van der Waals surface area contributed by atoms with Gasteiger partial charge in [-0.25, -0.2) is 0 Å². The van der Waals surface area contributed by atoms with Gasteiger partial charge in [-0.2, -0.15) is 0 Å². The van der Waals surface area contributed by atoms with E-state index in [1.165, 1.54) is 25.7 Å². The van der Waals surface area contributed by atoms with Crippen molar-refractivity contribution in [2.45, 2.75) is 130 Å². The third-order valence-corrected chi connectivity index (χ3v) is 14.4. The fourth-order valence-electron chi connectivity index (χ4n) is 11.6. The highest BCUT2D eigenvalue weighted by Gasteiger charge is 2.81. The molecule has 4 nitrogen and oxygen atoms in total. The summed E-state index contributed by atoms with van der Waals surface area (Å²) in [7, 11) is 0. The number of carboxylic acid groups (broad SMARTS) is 1. The van der Waals surface area contributed by atoms with E-state index in [9.17, 15) is 15.0 Å². The van der Waals surface area contributed by atoms with Gasteiger partial charge in [0.25, 0.3) is 0 Å². The minimum Gasteiger partial charge on any atom is -0.481 e. The molecule has 11 atom stereocenters. The number of aliphatic hydroxyl groups is 1. The van der Waals surface area contributed by atoms with Crippen molar-refractivity contribution in [2.75, 3.05) is 0 Å². The number of carbonyl (C=O) groups is 1. The summed E-state index contributed by atoms with van der Waals surface area (Å²) in [6.45, 7) is 16.7. The number of fused-ring (bicyclic) bond motifs is 6. The normalized spacial score (nSPS) is 61.7. The van der Waals surface area contributed by atoms with Gasteiger partial charge in [-0.15, -0.1) is 0 Å². The van der Waals surface area contributed by atoms with Gasteiger partial charge < -0.3 is 14.9 Å². The van der Waals surface area contributed by atoms with Gasteiger partial charge in [-0.1, -0.05) is 41.5 Å². The van der Waals surface area contributed by atoms with Gasteiger partial charge in [0.2, 0.25) is 0 Å². The number of aliphatic hydroxyl groups excluding tert-OH is 1. The molecule has 0 unspecified atom stereocenters. The van der Waals surface area contributed by atoms with Crippen molar-refractivity contribution in [3.63, 3.8) is 0 Å². The smallest absolute Gasteiger partial charge is 0.309 e. The van der Waals surface area contributed by atoms with Crippen LogP contribution in [-0.2, 0) is 9.53 Å². The Morgan fingerprint density at radius 3 is 2.09 bits per heavy atom. The number of hydrogen-bond donors (Lipinski definition) is 2. The number of rotatable bonds is 1. The maximum Gasteiger partial charge on any atom is 0.309 e. The number of carboxylic acids is 1. The van der Waals surface area contributed by atoms with Gasteiger partial charge in [0.05, 0.1) is 17.6 Å². The van der Waals surface area contributed by atoms with Crippen molar-refractivity contribution >= 4 is 5.97 Å². The zero-order valence-electron chi connectivity index (χ0n) is 22.7. The lowest BCUT2D eigenvalue weighted by Gasteiger charge is -2.73. The van der Waals surface area contributed by atoms with Gasteiger partial charge in [0.1, 0.15) is 5.60 Å². The Kier molecular flexibility index (Phi) is 4.50. The van der Waals surface area contributed by atoms with Crippen molar-refractivity contribution < 1.29 is 19.7 Å². The molecule has 6 fully saturated rings. The van der Waals surface area contributed by atoms with Gasteiger partial charge >= 0.3 is 5.97 Å². The van der Waals surface area contributed by atoms with E-state index in [-0.39, 0.29) is 44.9 Å². The average molecular weight is 473 g/mol. The first kappa shape index (κ1) is 23.8. The molecule has 1 heterocycles. The van der Waals surface area contributed by atoms with Crippen molar-refractivity contribution in [3.05, 3.63) is 0 Å². The molecule has 1 spiro atoms. The number of aliphatic carboxylic acids is 1. The van der Waals surface area contributed by atoms with Crippen molar-refractivity contribution in [1.82, 2.24) is 0 Å². The van der Waals surface area contributed by atoms with Crippen LogP contribution in [0, 0.1) is 50.2 Å². The Balaban J connectivity index is 1.41. The van der Waals surface area contributed by atoms with Crippen LogP contribution in [0.1, 0.15) is 113 Å². The molecular weight excluding hydrogens is 424 g/mol. The lowest BCUT2D eigenvalue weighted by Crippen LogP contribution is -2.69. The highest BCUT2D eigenvalue weighted by atomic mass is 16.6. The van der Waals surface area contributed by atoms with E-state index in [1.807, 2.05) is 6.92 Å². The molecule has 2 N–H and O–H groups in total. The number of ether oxygens (including phenoxy) is 1. The number of epoxide rings is 1. The summed E-state index contributed by atoms with van der Waals surface area (Å²) < 4.78 is 6.72. The van der Waals surface area contributed by atoms with Crippen LogP contribution in [0.25, 0.3) is 0 Å². The SMILES string of the molecule is CC1(C)[C@@H](O)CC[C@@H]2[C@]3(C)CC[C@@]4(C)[C@@H]5C[C@](C)(C(=O)O)CC[C@]5(C)CC[C@]4(C)[C@H]3C[C@@H]3O[C@@]321. The Bertz CT molecular complexity index is 929. The molecule has 1 saturated heterocycles. The molecule has 0 aromatic rings. The van der Waals surface area contributed by atoms with E-state index in [4.69, 9.17) is 4.74 Å².